The Hall–Kier alpha value is -2.14. The van der Waals surface area contributed by atoms with Crippen LogP contribution in [0.4, 0.5) is 0 Å². The lowest BCUT2D eigenvalue weighted by Crippen LogP contribution is -2.51. The van der Waals surface area contributed by atoms with E-state index < -0.39 is 0 Å². The predicted octanol–water partition coefficient (Wildman–Crippen LogP) is 4.41. The highest BCUT2D eigenvalue weighted by Gasteiger charge is 2.30. The number of hydrogen-bond donors (Lipinski definition) is 0. The third kappa shape index (κ3) is 6.19. The molecule has 2 aliphatic rings. The van der Waals surface area contributed by atoms with Crippen molar-refractivity contribution in [1.82, 2.24) is 14.7 Å². The fourth-order valence-electron chi connectivity index (χ4n) is 4.52. The van der Waals surface area contributed by atoms with E-state index in [0.717, 1.165) is 70.2 Å². The number of carbonyl (C=O) groups excluding carboxylic acids is 1. The Morgan fingerprint density at radius 1 is 0.871 bits per heavy atom. The van der Waals surface area contributed by atoms with E-state index in [9.17, 15) is 4.79 Å². The first-order valence-corrected chi connectivity index (χ1v) is 11.8. The average molecular weight is 438 g/mol. The number of halogens is 1. The topological polar surface area (TPSA) is 26.8 Å². The van der Waals surface area contributed by atoms with Gasteiger partial charge in [0.1, 0.15) is 0 Å². The van der Waals surface area contributed by atoms with Crippen molar-refractivity contribution in [3.63, 3.8) is 0 Å². The highest BCUT2D eigenvalue weighted by molar-refractivity contribution is 6.31. The maximum absolute atomic E-state index is 13.0. The van der Waals surface area contributed by atoms with Gasteiger partial charge >= 0.3 is 0 Å². The summed E-state index contributed by atoms with van der Waals surface area (Å²) in [6.45, 7) is 7.34. The summed E-state index contributed by atoms with van der Waals surface area (Å²) in [7, 11) is 0. The van der Waals surface area contributed by atoms with Crippen molar-refractivity contribution in [2.45, 2.75) is 19.4 Å². The van der Waals surface area contributed by atoms with E-state index in [1.54, 1.807) is 0 Å². The molecule has 0 aliphatic carbocycles. The highest BCUT2D eigenvalue weighted by Crippen LogP contribution is 2.24. The van der Waals surface area contributed by atoms with Crippen LogP contribution in [-0.4, -0.2) is 66.4 Å². The van der Waals surface area contributed by atoms with Gasteiger partial charge < -0.3 is 4.90 Å². The minimum Gasteiger partial charge on any atom is -0.340 e. The first-order valence-electron chi connectivity index (χ1n) is 11.4. The summed E-state index contributed by atoms with van der Waals surface area (Å²) in [4.78, 5) is 20.0. The molecule has 0 saturated carbocycles. The van der Waals surface area contributed by atoms with E-state index in [-0.39, 0.29) is 5.92 Å². The van der Waals surface area contributed by atoms with Crippen molar-refractivity contribution in [2.75, 3.05) is 45.8 Å². The van der Waals surface area contributed by atoms with Crippen LogP contribution in [0.3, 0.4) is 0 Å². The largest absolute Gasteiger partial charge is 0.340 e. The molecule has 2 aromatic rings. The fourth-order valence-corrected chi connectivity index (χ4v) is 4.71. The molecule has 2 saturated heterocycles. The van der Waals surface area contributed by atoms with Crippen LogP contribution in [0.25, 0.3) is 6.08 Å². The Morgan fingerprint density at radius 3 is 2.26 bits per heavy atom. The van der Waals surface area contributed by atoms with E-state index in [1.165, 1.54) is 11.1 Å². The van der Waals surface area contributed by atoms with Gasteiger partial charge in [0.25, 0.3) is 0 Å². The molecule has 2 aromatic carbocycles. The highest BCUT2D eigenvalue weighted by atomic mass is 35.5. The number of benzene rings is 2. The van der Waals surface area contributed by atoms with Gasteiger partial charge in [-0.25, -0.2) is 0 Å². The second-order valence-corrected chi connectivity index (χ2v) is 8.99. The Kier molecular flexibility index (Phi) is 7.79. The Labute approximate surface area is 191 Å². The number of piperazine rings is 1. The van der Waals surface area contributed by atoms with Crippen LogP contribution in [0.1, 0.15) is 24.0 Å². The van der Waals surface area contributed by atoms with Crippen molar-refractivity contribution >= 4 is 23.6 Å². The van der Waals surface area contributed by atoms with E-state index in [1.807, 2.05) is 24.3 Å². The molecule has 2 aliphatic heterocycles. The van der Waals surface area contributed by atoms with Crippen molar-refractivity contribution in [3.8, 4) is 0 Å². The van der Waals surface area contributed by atoms with Gasteiger partial charge in [0, 0.05) is 50.2 Å². The van der Waals surface area contributed by atoms with Crippen LogP contribution in [-0.2, 0) is 11.3 Å². The first kappa shape index (κ1) is 22.1. The number of piperidine rings is 1. The molecule has 2 fully saturated rings. The zero-order valence-electron chi connectivity index (χ0n) is 18.1. The van der Waals surface area contributed by atoms with Crippen LogP contribution in [0, 0.1) is 5.92 Å². The summed E-state index contributed by atoms with van der Waals surface area (Å²) in [5.74, 6) is 0.531. The number of amides is 1. The second-order valence-electron chi connectivity index (χ2n) is 8.58. The van der Waals surface area contributed by atoms with Gasteiger partial charge in [-0.05, 0) is 43.1 Å². The molecule has 5 heteroatoms. The monoisotopic (exact) mass is 437 g/mol. The summed E-state index contributed by atoms with van der Waals surface area (Å²) >= 11 is 6.30. The van der Waals surface area contributed by atoms with Crippen molar-refractivity contribution in [1.29, 1.82) is 0 Å². The standard InChI is InChI=1S/C26H32ClN3O/c27-25-11-5-4-10-24(25)21-29-15-12-23(13-16-29)26(31)30-19-17-28(18-20-30)14-6-9-22-7-2-1-3-8-22/h1-11,23H,12-21H2. The number of hydrogen-bond acceptors (Lipinski definition) is 3. The summed E-state index contributed by atoms with van der Waals surface area (Å²) in [5, 5.41) is 0.831. The number of likely N-dealkylation sites (tertiary alicyclic amines) is 1. The molecule has 0 spiro atoms. The van der Waals surface area contributed by atoms with E-state index >= 15 is 0 Å². The number of carbonyl (C=O) groups is 1. The van der Waals surface area contributed by atoms with Gasteiger partial charge in [0.2, 0.25) is 5.91 Å². The molecule has 0 radical (unpaired) electrons. The lowest BCUT2D eigenvalue weighted by molar-refractivity contribution is -0.138. The minimum absolute atomic E-state index is 0.173. The molecule has 0 aromatic heterocycles. The predicted molar refractivity (Wildman–Crippen MR) is 128 cm³/mol. The molecule has 0 unspecified atom stereocenters. The maximum atomic E-state index is 13.0. The van der Waals surface area contributed by atoms with Gasteiger partial charge in [-0.15, -0.1) is 0 Å². The van der Waals surface area contributed by atoms with Crippen LogP contribution in [0.2, 0.25) is 5.02 Å². The van der Waals surface area contributed by atoms with E-state index in [0.29, 0.717) is 5.91 Å². The van der Waals surface area contributed by atoms with Gasteiger partial charge in [-0.3, -0.25) is 14.6 Å². The van der Waals surface area contributed by atoms with Crippen molar-refractivity contribution < 1.29 is 4.79 Å². The molecular weight excluding hydrogens is 406 g/mol. The molecule has 0 atom stereocenters. The third-order valence-electron chi connectivity index (χ3n) is 6.45. The first-order chi connectivity index (χ1) is 15.2. The summed E-state index contributed by atoms with van der Waals surface area (Å²) in [5.41, 5.74) is 2.41. The lowest BCUT2D eigenvalue weighted by atomic mass is 9.94. The molecule has 4 rings (SSSR count). The van der Waals surface area contributed by atoms with Crippen LogP contribution >= 0.6 is 11.6 Å². The van der Waals surface area contributed by atoms with E-state index in [2.05, 4.69) is 57.2 Å². The van der Waals surface area contributed by atoms with Gasteiger partial charge in [-0.1, -0.05) is 72.3 Å². The molecule has 2 heterocycles. The molecule has 164 valence electrons. The Morgan fingerprint density at radius 2 is 1.55 bits per heavy atom. The van der Waals surface area contributed by atoms with Crippen LogP contribution in [0.5, 0.6) is 0 Å². The van der Waals surface area contributed by atoms with Crippen LogP contribution < -0.4 is 0 Å². The van der Waals surface area contributed by atoms with Crippen molar-refractivity contribution in [3.05, 3.63) is 76.8 Å². The molecule has 1 amide bonds. The number of nitrogens with zero attached hydrogens (tertiary/aromatic N) is 3. The minimum atomic E-state index is 0.173. The van der Waals surface area contributed by atoms with Crippen LogP contribution in [0.15, 0.2) is 60.7 Å². The maximum Gasteiger partial charge on any atom is 0.225 e. The lowest BCUT2D eigenvalue weighted by Gasteiger charge is -2.38. The summed E-state index contributed by atoms with van der Waals surface area (Å²) in [6.07, 6.45) is 6.29. The zero-order chi connectivity index (χ0) is 21.5. The molecule has 4 nitrogen and oxygen atoms in total. The summed E-state index contributed by atoms with van der Waals surface area (Å²) in [6, 6.07) is 18.4. The second kappa shape index (κ2) is 10.9. The Balaban J connectivity index is 1.18. The quantitative estimate of drug-likeness (QED) is 0.669. The fraction of sp³-hybridized carbons (Fsp3) is 0.423. The molecule has 0 N–H and O–H groups in total. The SMILES string of the molecule is O=C(C1CCN(Cc2ccccc2Cl)CC1)N1CCN(CC=Cc2ccccc2)CC1. The van der Waals surface area contributed by atoms with Gasteiger partial charge in [0.05, 0.1) is 0 Å². The normalized spacial score (nSPS) is 19.2. The average Bonchev–Trinajstić information content (AvgIpc) is 2.82. The van der Waals surface area contributed by atoms with E-state index in [4.69, 9.17) is 11.6 Å². The Bertz CT molecular complexity index is 869. The smallest absolute Gasteiger partial charge is 0.225 e. The molecule has 31 heavy (non-hydrogen) atoms. The zero-order valence-corrected chi connectivity index (χ0v) is 18.9. The third-order valence-corrected chi connectivity index (χ3v) is 6.81. The van der Waals surface area contributed by atoms with Crippen molar-refractivity contribution in [2.24, 2.45) is 5.92 Å². The van der Waals surface area contributed by atoms with Gasteiger partial charge in [0.15, 0.2) is 0 Å². The molecular formula is C26H32ClN3O. The van der Waals surface area contributed by atoms with Gasteiger partial charge in [-0.2, -0.15) is 0 Å². The molecule has 0 bridgehead atoms. The summed E-state index contributed by atoms with van der Waals surface area (Å²) < 4.78 is 0. The number of rotatable bonds is 6.